The molecule has 2 aromatic carbocycles. The third kappa shape index (κ3) is 8.15. The molecule has 0 unspecified atom stereocenters. The summed E-state index contributed by atoms with van der Waals surface area (Å²) in [5.74, 6) is 0.140. The molecule has 1 heterocycles. The Morgan fingerprint density at radius 3 is 2.39 bits per heavy atom. The standard InChI is InChI=1S/C27H37Cl2N3O5S/c1-6-31(7-2)20-11-10-19(17-32(18-21-9-8-14-36-21)26(33)30-27(3,4)5)25(15-20)37-38(34,35)22-12-13-23(28)24(29)16-22/h10-13,15-16,21H,6-9,14,17-18H2,1-5H3,(H,30,33)/t21-/m0/s1. The molecule has 38 heavy (non-hydrogen) atoms. The summed E-state index contributed by atoms with van der Waals surface area (Å²) < 4.78 is 38.0. The second-order valence-electron chi connectivity index (χ2n) is 10.3. The van der Waals surface area contributed by atoms with Crippen LogP contribution in [0.2, 0.25) is 10.0 Å². The molecule has 2 amide bonds. The van der Waals surface area contributed by atoms with Gasteiger partial charge in [-0.2, -0.15) is 8.42 Å². The molecule has 2 aromatic rings. The smallest absolute Gasteiger partial charge is 0.339 e. The number of halogens is 2. The van der Waals surface area contributed by atoms with Gasteiger partial charge < -0.3 is 24.0 Å². The van der Waals surface area contributed by atoms with Crippen LogP contribution in [0.1, 0.15) is 53.0 Å². The number of urea groups is 1. The van der Waals surface area contributed by atoms with Crippen LogP contribution in [0.3, 0.4) is 0 Å². The van der Waals surface area contributed by atoms with Gasteiger partial charge in [-0.05, 0) is 71.7 Å². The van der Waals surface area contributed by atoms with E-state index in [1.807, 2.05) is 40.7 Å². The number of anilines is 1. The molecule has 1 aliphatic heterocycles. The quantitative estimate of drug-likeness (QED) is 0.339. The first-order valence-electron chi connectivity index (χ1n) is 12.8. The highest BCUT2D eigenvalue weighted by Gasteiger charge is 2.27. The van der Waals surface area contributed by atoms with Crippen LogP contribution in [0, 0.1) is 0 Å². The Morgan fingerprint density at radius 1 is 1.11 bits per heavy atom. The monoisotopic (exact) mass is 585 g/mol. The Hall–Kier alpha value is -2.20. The van der Waals surface area contributed by atoms with E-state index in [2.05, 4.69) is 10.2 Å². The first-order chi connectivity index (χ1) is 17.8. The minimum absolute atomic E-state index is 0.0834. The minimum Gasteiger partial charge on any atom is -0.379 e. The molecule has 0 aliphatic carbocycles. The lowest BCUT2D eigenvalue weighted by atomic mass is 10.1. The number of carbonyl (C=O) groups excluding carboxylic acids is 1. The second kappa shape index (κ2) is 12.8. The van der Waals surface area contributed by atoms with Gasteiger partial charge in [0.15, 0.2) is 0 Å². The predicted molar refractivity (Wildman–Crippen MR) is 152 cm³/mol. The maximum Gasteiger partial charge on any atom is 0.339 e. The largest absolute Gasteiger partial charge is 0.379 e. The van der Waals surface area contributed by atoms with Crippen molar-refractivity contribution in [1.82, 2.24) is 10.2 Å². The first kappa shape index (κ1) is 30.3. The van der Waals surface area contributed by atoms with Crippen molar-refractivity contribution in [3.05, 3.63) is 52.0 Å². The van der Waals surface area contributed by atoms with Crippen LogP contribution in [0.25, 0.3) is 0 Å². The van der Waals surface area contributed by atoms with E-state index in [1.165, 1.54) is 18.2 Å². The summed E-state index contributed by atoms with van der Waals surface area (Å²) >= 11 is 12.1. The number of hydrogen-bond donors (Lipinski definition) is 1. The molecule has 0 saturated carbocycles. The number of hydrogen-bond acceptors (Lipinski definition) is 6. The van der Waals surface area contributed by atoms with Gasteiger partial charge in [0.2, 0.25) is 0 Å². The van der Waals surface area contributed by atoms with Crippen LogP contribution in [0.5, 0.6) is 5.75 Å². The molecule has 210 valence electrons. The van der Waals surface area contributed by atoms with Crippen LogP contribution in [-0.2, 0) is 21.4 Å². The maximum absolute atomic E-state index is 13.3. The molecule has 3 rings (SSSR count). The van der Waals surface area contributed by atoms with E-state index < -0.39 is 15.7 Å². The van der Waals surface area contributed by atoms with E-state index in [0.29, 0.717) is 18.7 Å². The molecular formula is C27H37Cl2N3O5S. The van der Waals surface area contributed by atoms with Crippen LogP contribution < -0.4 is 14.4 Å². The van der Waals surface area contributed by atoms with Gasteiger partial charge in [-0.25, -0.2) is 4.79 Å². The van der Waals surface area contributed by atoms with Crippen molar-refractivity contribution in [2.45, 2.75) is 70.5 Å². The Morgan fingerprint density at radius 2 is 1.82 bits per heavy atom. The van der Waals surface area contributed by atoms with Crippen molar-refractivity contribution < 1.29 is 22.1 Å². The summed E-state index contributed by atoms with van der Waals surface area (Å²) in [7, 11) is -4.24. The summed E-state index contributed by atoms with van der Waals surface area (Å²) in [5, 5.41) is 3.35. The van der Waals surface area contributed by atoms with E-state index >= 15 is 0 Å². The van der Waals surface area contributed by atoms with Gasteiger partial charge in [-0.1, -0.05) is 29.3 Å². The van der Waals surface area contributed by atoms with E-state index in [-0.39, 0.29) is 39.4 Å². The molecule has 0 aromatic heterocycles. The molecule has 11 heteroatoms. The van der Waals surface area contributed by atoms with Crippen molar-refractivity contribution in [3.8, 4) is 5.75 Å². The molecule has 0 spiro atoms. The van der Waals surface area contributed by atoms with Crippen molar-refractivity contribution in [2.24, 2.45) is 0 Å². The van der Waals surface area contributed by atoms with E-state index in [4.69, 9.17) is 32.1 Å². The molecule has 0 bridgehead atoms. The van der Waals surface area contributed by atoms with Crippen LogP contribution in [0.15, 0.2) is 41.3 Å². The Labute approximate surface area is 236 Å². The van der Waals surface area contributed by atoms with Gasteiger partial charge in [0.25, 0.3) is 0 Å². The number of ether oxygens (including phenoxy) is 1. The summed E-state index contributed by atoms with van der Waals surface area (Å²) in [6.07, 6.45) is 1.71. The molecule has 1 fully saturated rings. The first-order valence-corrected chi connectivity index (χ1v) is 15.0. The highest BCUT2D eigenvalue weighted by Crippen LogP contribution is 2.32. The van der Waals surface area contributed by atoms with E-state index in [1.54, 1.807) is 17.0 Å². The van der Waals surface area contributed by atoms with Gasteiger partial charge in [-0.15, -0.1) is 0 Å². The zero-order chi connectivity index (χ0) is 28.1. The van der Waals surface area contributed by atoms with Crippen molar-refractivity contribution >= 4 is 45.0 Å². The summed E-state index contributed by atoms with van der Waals surface area (Å²) in [4.78, 5) is 16.9. The van der Waals surface area contributed by atoms with E-state index in [9.17, 15) is 13.2 Å². The number of benzene rings is 2. The molecular weight excluding hydrogens is 549 g/mol. The van der Waals surface area contributed by atoms with Crippen molar-refractivity contribution in [1.29, 1.82) is 0 Å². The number of carbonyl (C=O) groups is 1. The van der Waals surface area contributed by atoms with Gasteiger partial charge in [-0.3, -0.25) is 0 Å². The minimum atomic E-state index is -4.24. The number of nitrogens with one attached hydrogen (secondary N) is 1. The Bertz CT molecular complexity index is 1220. The third-order valence-electron chi connectivity index (χ3n) is 6.14. The number of nitrogens with zero attached hydrogens (tertiary/aromatic N) is 2. The zero-order valence-electron chi connectivity index (χ0n) is 22.6. The number of amides is 2. The van der Waals surface area contributed by atoms with Crippen LogP contribution in [0.4, 0.5) is 10.5 Å². The van der Waals surface area contributed by atoms with Gasteiger partial charge in [0, 0.05) is 49.1 Å². The average molecular weight is 587 g/mol. The predicted octanol–water partition coefficient (Wildman–Crippen LogP) is 6.10. The van der Waals surface area contributed by atoms with Gasteiger partial charge in [0.05, 0.1) is 22.7 Å². The highest BCUT2D eigenvalue weighted by molar-refractivity contribution is 7.87. The SMILES string of the molecule is CCN(CC)c1ccc(CN(C[C@@H]2CCCO2)C(=O)NC(C)(C)C)c(OS(=O)(=O)c2ccc(Cl)c(Cl)c2)c1. The molecule has 1 saturated heterocycles. The summed E-state index contributed by atoms with van der Waals surface area (Å²) in [5.41, 5.74) is 0.907. The fourth-order valence-electron chi connectivity index (χ4n) is 4.19. The lowest BCUT2D eigenvalue weighted by molar-refractivity contribution is 0.0780. The summed E-state index contributed by atoms with van der Waals surface area (Å²) in [6, 6.07) is 9.16. The molecule has 8 nitrogen and oxygen atoms in total. The molecule has 1 aliphatic rings. The molecule has 0 radical (unpaired) electrons. The normalized spacial score (nSPS) is 15.8. The lowest BCUT2D eigenvalue weighted by Gasteiger charge is -2.31. The third-order valence-corrected chi connectivity index (χ3v) is 8.11. The zero-order valence-corrected chi connectivity index (χ0v) is 24.9. The van der Waals surface area contributed by atoms with E-state index in [0.717, 1.165) is 31.6 Å². The topological polar surface area (TPSA) is 88.2 Å². The summed E-state index contributed by atoms with van der Waals surface area (Å²) in [6.45, 7) is 12.4. The Kier molecular flexibility index (Phi) is 10.2. The van der Waals surface area contributed by atoms with Crippen molar-refractivity contribution in [3.63, 3.8) is 0 Å². The number of rotatable bonds is 10. The van der Waals surface area contributed by atoms with Crippen LogP contribution >= 0.6 is 23.2 Å². The Balaban J connectivity index is 2.00. The average Bonchev–Trinajstić information content (AvgIpc) is 3.34. The lowest BCUT2D eigenvalue weighted by Crippen LogP contribution is -2.50. The van der Waals surface area contributed by atoms with Gasteiger partial charge in [0.1, 0.15) is 10.6 Å². The molecule has 1 N–H and O–H groups in total. The second-order valence-corrected chi connectivity index (χ2v) is 12.6. The van der Waals surface area contributed by atoms with Crippen molar-refractivity contribution in [2.75, 3.05) is 31.1 Å². The van der Waals surface area contributed by atoms with Gasteiger partial charge >= 0.3 is 16.1 Å². The maximum atomic E-state index is 13.3. The fraction of sp³-hybridized carbons (Fsp3) is 0.519. The molecule has 1 atom stereocenters. The highest BCUT2D eigenvalue weighted by atomic mass is 35.5. The fourth-order valence-corrected chi connectivity index (χ4v) is 5.54. The van der Waals surface area contributed by atoms with Crippen LogP contribution in [-0.4, -0.2) is 57.2 Å².